The lowest BCUT2D eigenvalue weighted by molar-refractivity contribution is 0.102. The van der Waals surface area contributed by atoms with E-state index in [4.69, 9.17) is 9.15 Å². The van der Waals surface area contributed by atoms with E-state index in [1.807, 2.05) is 36.4 Å². The van der Waals surface area contributed by atoms with E-state index in [1.54, 1.807) is 19.2 Å². The predicted molar refractivity (Wildman–Crippen MR) is 103 cm³/mol. The molecule has 1 N–H and O–H groups in total. The highest BCUT2D eigenvalue weighted by Gasteiger charge is 2.16. The molecular weight excluding hydrogens is 342 g/mol. The van der Waals surface area contributed by atoms with Crippen LogP contribution in [0.2, 0.25) is 0 Å². The van der Waals surface area contributed by atoms with Gasteiger partial charge in [0.25, 0.3) is 5.91 Å². The molecule has 0 aliphatic carbocycles. The van der Waals surface area contributed by atoms with Gasteiger partial charge in [-0.2, -0.15) is 0 Å². The molecule has 1 aromatic heterocycles. The Bertz CT molecular complexity index is 907. The van der Waals surface area contributed by atoms with E-state index in [-0.39, 0.29) is 17.3 Å². The van der Waals surface area contributed by atoms with Gasteiger partial charge in [-0.25, -0.2) is 0 Å². The van der Waals surface area contributed by atoms with Crippen LogP contribution in [0, 0.1) is 0 Å². The maximum absolute atomic E-state index is 12.4. The highest BCUT2D eigenvalue weighted by molar-refractivity contribution is 6.03. The summed E-state index contributed by atoms with van der Waals surface area (Å²) in [7, 11) is 1.62. The summed E-state index contributed by atoms with van der Waals surface area (Å²) in [6, 6.07) is 15.2. The molecule has 0 atom stereocenters. The number of carbonyl (C=O) groups excluding carboxylic acids is 1. The molecule has 2 aromatic carbocycles. The monoisotopic (exact) mass is 365 g/mol. The predicted octanol–water partition coefficient (Wildman–Crippen LogP) is 4.22. The molecule has 0 bridgehead atoms. The van der Waals surface area contributed by atoms with Gasteiger partial charge < -0.3 is 9.15 Å². The van der Waals surface area contributed by atoms with Gasteiger partial charge in [-0.15, -0.1) is 5.10 Å². The SMILES string of the molecule is COc1ccc(Cc2nnc(NC(=O)c3ccc(C(C)(C)C)cc3)o2)cc1. The van der Waals surface area contributed by atoms with Crippen molar-refractivity contribution in [2.45, 2.75) is 32.6 Å². The molecule has 140 valence electrons. The van der Waals surface area contributed by atoms with Gasteiger partial charge in [0.05, 0.1) is 13.5 Å². The van der Waals surface area contributed by atoms with Crippen molar-refractivity contribution in [3.05, 3.63) is 71.1 Å². The summed E-state index contributed by atoms with van der Waals surface area (Å²) in [6.07, 6.45) is 0.479. The van der Waals surface area contributed by atoms with Crippen LogP contribution in [0.5, 0.6) is 5.75 Å². The van der Waals surface area contributed by atoms with Crippen LogP contribution in [0.3, 0.4) is 0 Å². The number of carbonyl (C=O) groups is 1. The second-order valence-corrected chi connectivity index (χ2v) is 7.31. The Balaban J connectivity index is 1.63. The van der Waals surface area contributed by atoms with Gasteiger partial charge in [0.1, 0.15) is 5.75 Å². The van der Waals surface area contributed by atoms with E-state index in [2.05, 4.69) is 36.3 Å². The third-order valence-corrected chi connectivity index (χ3v) is 4.21. The van der Waals surface area contributed by atoms with E-state index >= 15 is 0 Å². The van der Waals surface area contributed by atoms with Gasteiger partial charge in [-0.1, -0.05) is 50.1 Å². The number of rotatable bonds is 5. The first-order valence-corrected chi connectivity index (χ1v) is 8.72. The van der Waals surface area contributed by atoms with E-state index in [0.29, 0.717) is 17.9 Å². The average molecular weight is 365 g/mol. The molecule has 27 heavy (non-hydrogen) atoms. The van der Waals surface area contributed by atoms with Crippen molar-refractivity contribution in [1.82, 2.24) is 10.2 Å². The molecule has 6 heteroatoms. The maximum atomic E-state index is 12.4. The molecule has 0 saturated heterocycles. The van der Waals surface area contributed by atoms with Crippen molar-refractivity contribution in [1.29, 1.82) is 0 Å². The summed E-state index contributed by atoms with van der Waals surface area (Å²) in [5, 5.41) is 10.5. The summed E-state index contributed by atoms with van der Waals surface area (Å²) in [6.45, 7) is 6.39. The lowest BCUT2D eigenvalue weighted by Crippen LogP contribution is -2.14. The molecule has 1 amide bonds. The van der Waals surface area contributed by atoms with E-state index < -0.39 is 0 Å². The smallest absolute Gasteiger partial charge is 0.322 e. The normalized spacial score (nSPS) is 11.3. The Labute approximate surface area is 158 Å². The van der Waals surface area contributed by atoms with Gasteiger partial charge in [-0.05, 0) is 40.8 Å². The molecule has 0 fully saturated rings. The quantitative estimate of drug-likeness (QED) is 0.732. The second kappa shape index (κ2) is 7.61. The first-order chi connectivity index (χ1) is 12.8. The molecule has 0 aliphatic rings. The highest BCUT2D eigenvalue weighted by atomic mass is 16.5. The summed E-state index contributed by atoms with van der Waals surface area (Å²) in [4.78, 5) is 12.4. The molecule has 6 nitrogen and oxygen atoms in total. The number of hydrogen-bond donors (Lipinski definition) is 1. The number of benzene rings is 2. The topological polar surface area (TPSA) is 77.3 Å². The van der Waals surface area contributed by atoms with Crippen LogP contribution in [0.25, 0.3) is 0 Å². The van der Waals surface area contributed by atoms with E-state index in [0.717, 1.165) is 11.3 Å². The van der Waals surface area contributed by atoms with Crippen molar-refractivity contribution < 1.29 is 13.9 Å². The number of nitrogens with zero attached hydrogens (tertiary/aromatic N) is 2. The molecule has 0 saturated carbocycles. The molecule has 0 aliphatic heterocycles. The van der Waals surface area contributed by atoms with Gasteiger partial charge in [0.15, 0.2) is 0 Å². The van der Waals surface area contributed by atoms with Gasteiger partial charge in [0, 0.05) is 5.56 Å². The molecule has 0 spiro atoms. The summed E-state index contributed by atoms with van der Waals surface area (Å²) in [5.41, 5.74) is 2.75. The van der Waals surface area contributed by atoms with Crippen LogP contribution in [0.15, 0.2) is 52.9 Å². The second-order valence-electron chi connectivity index (χ2n) is 7.31. The first kappa shape index (κ1) is 18.6. The molecule has 3 rings (SSSR count). The van der Waals surface area contributed by atoms with Crippen molar-refractivity contribution >= 4 is 11.9 Å². The fourth-order valence-corrected chi connectivity index (χ4v) is 2.58. The fraction of sp³-hybridized carbons (Fsp3) is 0.286. The third-order valence-electron chi connectivity index (χ3n) is 4.21. The minimum absolute atomic E-state index is 0.0395. The molecule has 3 aromatic rings. The average Bonchev–Trinajstić information content (AvgIpc) is 3.08. The zero-order chi connectivity index (χ0) is 19.4. The Morgan fingerprint density at radius 3 is 2.30 bits per heavy atom. The highest BCUT2D eigenvalue weighted by Crippen LogP contribution is 2.22. The van der Waals surface area contributed by atoms with Crippen molar-refractivity contribution in [2.24, 2.45) is 0 Å². The molecule has 0 radical (unpaired) electrons. The van der Waals surface area contributed by atoms with Crippen LogP contribution in [-0.4, -0.2) is 23.2 Å². The van der Waals surface area contributed by atoms with Crippen LogP contribution < -0.4 is 10.1 Å². The number of ether oxygens (including phenoxy) is 1. The van der Waals surface area contributed by atoms with Gasteiger partial charge in [-0.3, -0.25) is 10.1 Å². The summed E-state index contributed by atoms with van der Waals surface area (Å²) in [5.74, 6) is 0.934. The Morgan fingerprint density at radius 1 is 1.04 bits per heavy atom. The molecular formula is C21H23N3O3. The van der Waals surface area contributed by atoms with Crippen LogP contribution >= 0.6 is 0 Å². The number of anilines is 1. The zero-order valence-electron chi connectivity index (χ0n) is 15.9. The largest absolute Gasteiger partial charge is 0.497 e. The Morgan fingerprint density at radius 2 is 1.70 bits per heavy atom. The number of amides is 1. The summed E-state index contributed by atoms with van der Waals surface area (Å²) >= 11 is 0. The summed E-state index contributed by atoms with van der Waals surface area (Å²) < 4.78 is 10.7. The van der Waals surface area contributed by atoms with E-state index in [9.17, 15) is 4.79 Å². The number of nitrogens with one attached hydrogen (secondary N) is 1. The lowest BCUT2D eigenvalue weighted by Gasteiger charge is -2.18. The van der Waals surface area contributed by atoms with Crippen LogP contribution in [-0.2, 0) is 11.8 Å². The number of aromatic nitrogens is 2. The van der Waals surface area contributed by atoms with Crippen molar-refractivity contribution in [3.8, 4) is 5.75 Å². The molecule has 0 unspecified atom stereocenters. The Hall–Kier alpha value is -3.15. The maximum Gasteiger partial charge on any atom is 0.322 e. The van der Waals surface area contributed by atoms with Gasteiger partial charge in [0.2, 0.25) is 5.89 Å². The molecule has 1 heterocycles. The first-order valence-electron chi connectivity index (χ1n) is 8.72. The number of methoxy groups -OCH3 is 1. The van der Waals surface area contributed by atoms with Crippen LogP contribution in [0.1, 0.15) is 48.1 Å². The van der Waals surface area contributed by atoms with Gasteiger partial charge >= 0.3 is 6.01 Å². The van der Waals surface area contributed by atoms with Crippen LogP contribution in [0.4, 0.5) is 6.01 Å². The standard InChI is InChI=1S/C21H23N3O3/c1-21(2,3)16-9-7-15(8-10-16)19(25)22-20-24-23-18(27-20)13-14-5-11-17(26-4)12-6-14/h5-12H,13H2,1-4H3,(H,22,24,25). The Kier molecular flexibility index (Phi) is 5.26. The fourth-order valence-electron chi connectivity index (χ4n) is 2.58. The number of hydrogen-bond acceptors (Lipinski definition) is 5. The zero-order valence-corrected chi connectivity index (χ0v) is 15.9. The van der Waals surface area contributed by atoms with Crippen molar-refractivity contribution in [2.75, 3.05) is 12.4 Å². The van der Waals surface area contributed by atoms with Crippen molar-refractivity contribution in [3.63, 3.8) is 0 Å². The minimum atomic E-state index is -0.282. The third kappa shape index (κ3) is 4.73. The minimum Gasteiger partial charge on any atom is -0.497 e. The lowest BCUT2D eigenvalue weighted by atomic mass is 9.87. The van der Waals surface area contributed by atoms with E-state index in [1.165, 1.54) is 5.56 Å².